The van der Waals surface area contributed by atoms with Crippen LogP contribution in [0.3, 0.4) is 0 Å². The first kappa shape index (κ1) is 33.0. The van der Waals surface area contributed by atoms with Crippen LogP contribution in [-0.2, 0) is 31.6 Å². The number of carbonyl (C=O) groups excluding carboxylic acids is 3. The van der Waals surface area contributed by atoms with Gasteiger partial charge in [0.05, 0.1) is 19.8 Å². The summed E-state index contributed by atoms with van der Waals surface area (Å²) < 4.78 is 5.29. The van der Waals surface area contributed by atoms with Crippen molar-refractivity contribution >= 4 is 18.1 Å². The number of ether oxygens (including phenoxy) is 1. The molecule has 230 valence electrons. The first-order chi connectivity index (χ1) is 19.7. The number of aliphatic hydroxyl groups is 7. The Morgan fingerprint density at radius 1 is 1.07 bits per heavy atom. The molecule has 2 aliphatic rings. The maximum Gasteiger partial charge on any atom is 0.285 e. The van der Waals surface area contributed by atoms with Gasteiger partial charge in [-0.3, -0.25) is 19.3 Å². The summed E-state index contributed by atoms with van der Waals surface area (Å²) in [6, 6.07) is 6.53. The normalized spacial score (nSPS) is 20.8. The molecule has 2 saturated heterocycles. The molecule has 15 nitrogen and oxygen atoms in total. The minimum Gasteiger partial charge on any atom is -0.387 e. The Kier molecular flexibility index (Phi) is 10.0. The van der Waals surface area contributed by atoms with Crippen molar-refractivity contribution in [2.24, 2.45) is 0 Å². The van der Waals surface area contributed by atoms with E-state index in [4.69, 9.17) is 4.74 Å². The summed E-state index contributed by atoms with van der Waals surface area (Å²) in [5.74, 6) is -13.4. The molecule has 1 atom stereocenters. The van der Waals surface area contributed by atoms with Crippen LogP contribution in [0.25, 0.3) is 0 Å². The van der Waals surface area contributed by atoms with E-state index in [1.54, 1.807) is 37.3 Å². The zero-order chi connectivity index (χ0) is 31.3. The number of nitrogens with one attached hydrogen (secondary N) is 2. The second-order valence-corrected chi connectivity index (χ2v) is 9.71. The van der Waals surface area contributed by atoms with Gasteiger partial charge in [-0.2, -0.15) is 0 Å². The van der Waals surface area contributed by atoms with Gasteiger partial charge in [0.15, 0.2) is 6.29 Å². The average molecular weight is 593 g/mol. The van der Waals surface area contributed by atoms with Gasteiger partial charge < -0.3 is 51.1 Å². The highest BCUT2D eigenvalue weighted by Gasteiger charge is 2.70. The molecule has 0 aliphatic carbocycles. The quantitative estimate of drug-likeness (QED) is 0.0688. The SMILES string of the molecule is C\C=C/C=C1/C(=O)N(C(O)(C(=O)NC)C(O)(O)C(O)(O)C=O)C/C1=C\NCc1ccccc1C(O)(O)N1CCOCC1. The minimum atomic E-state index is -4.28. The van der Waals surface area contributed by atoms with Crippen LogP contribution in [0.2, 0.25) is 0 Å². The lowest BCUT2D eigenvalue weighted by Crippen LogP contribution is -2.79. The Balaban J connectivity index is 1.97. The smallest absolute Gasteiger partial charge is 0.285 e. The third-order valence-corrected chi connectivity index (χ3v) is 7.10. The number of carbonyl (C=O) groups is 3. The number of rotatable bonds is 11. The Morgan fingerprint density at radius 2 is 1.71 bits per heavy atom. The van der Waals surface area contributed by atoms with E-state index in [1.165, 1.54) is 23.3 Å². The fourth-order valence-electron chi connectivity index (χ4n) is 4.68. The van der Waals surface area contributed by atoms with Gasteiger partial charge in [-0.25, -0.2) is 4.90 Å². The number of likely N-dealkylation sites (tertiary alicyclic amines) is 1. The van der Waals surface area contributed by atoms with Gasteiger partial charge in [0.25, 0.3) is 35.0 Å². The van der Waals surface area contributed by atoms with E-state index < -0.39 is 47.9 Å². The van der Waals surface area contributed by atoms with Gasteiger partial charge in [0.1, 0.15) is 0 Å². The van der Waals surface area contributed by atoms with E-state index in [2.05, 4.69) is 5.32 Å². The van der Waals surface area contributed by atoms with E-state index in [1.807, 2.05) is 5.32 Å². The minimum absolute atomic E-state index is 0.0170. The van der Waals surface area contributed by atoms with Crippen LogP contribution >= 0.6 is 0 Å². The average Bonchev–Trinajstić information content (AvgIpc) is 3.30. The highest BCUT2D eigenvalue weighted by molar-refractivity contribution is 6.05. The Bertz CT molecular complexity index is 1270. The summed E-state index contributed by atoms with van der Waals surface area (Å²) in [4.78, 5) is 39.1. The Labute approximate surface area is 241 Å². The van der Waals surface area contributed by atoms with E-state index in [-0.39, 0.29) is 41.2 Å². The first-order valence-electron chi connectivity index (χ1n) is 12.9. The summed E-state index contributed by atoms with van der Waals surface area (Å²) in [5, 5.41) is 78.9. The second-order valence-electron chi connectivity index (χ2n) is 9.71. The van der Waals surface area contributed by atoms with E-state index in [9.17, 15) is 50.1 Å². The van der Waals surface area contributed by atoms with Crippen molar-refractivity contribution in [3.8, 4) is 0 Å². The molecule has 3 rings (SSSR count). The molecule has 0 aromatic heterocycles. The van der Waals surface area contributed by atoms with Gasteiger partial charge in [-0.05, 0) is 18.6 Å². The first-order valence-corrected chi connectivity index (χ1v) is 12.9. The van der Waals surface area contributed by atoms with Gasteiger partial charge >= 0.3 is 0 Å². The molecule has 9 N–H and O–H groups in total. The summed E-state index contributed by atoms with van der Waals surface area (Å²) in [7, 11) is 0.979. The topological polar surface area (TPSA) is 233 Å². The van der Waals surface area contributed by atoms with Crippen LogP contribution in [0.4, 0.5) is 0 Å². The molecule has 2 fully saturated rings. The molecule has 0 radical (unpaired) electrons. The van der Waals surface area contributed by atoms with Crippen molar-refractivity contribution in [3.05, 3.63) is 71.0 Å². The lowest BCUT2D eigenvalue weighted by molar-refractivity contribution is -0.398. The van der Waals surface area contributed by atoms with Gasteiger partial charge in [-0.15, -0.1) is 0 Å². The molecule has 0 bridgehead atoms. The van der Waals surface area contributed by atoms with E-state index in [0.717, 1.165) is 7.05 Å². The second kappa shape index (κ2) is 12.8. The van der Waals surface area contributed by atoms with Gasteiger partial charge in [0, 0.05) is 49.6 Å². The number of morpholine rings is 1. The number of hydrogen-bond donors (Lipinski definition) is 9. The molecule has 15 heteroatoms. The molecule has 1 aromatic carbocycles. The lowest BCUT2D eigenvalue weighted by atomic mass is 9.91. The van der Waals surface area contributed by atoms with Crippen molar-refractivity contribution < 1.29 is 54.9 Å². The summed E-state index contributed by atoms with van der Waals surface area (Å²) >= 11 is 0. The number of benzene rings is 1. The maximum absolute atomic E-state index is 13.4. The van der Waals surface area contributed by atoms with Crippen molar-refractivity contribution in [3.63, 3.8) is 0 Å². The van der Waals surface area contributed by atoms with Crippen LogP contribution in [0.1, 0.15) is 18.1 Å². The highest BCUT2D eigenvalue weighted by Crippen LogP contribution is 2.38. The number of allylic oxidation sites excluding steroid dienone is 3. The number of nitrogens with zero attached hydrogens (tertiary/aromatic N) is 2. The van der Waals surface area contributed by atoms with Crippen molar-refractivity contribution in [2.75, 3.05) is 39.9 Å². The third kappa shape index (κ3) is 5.87. The number of amides is 2. The third-order valence-electron chi connectivity index (χ3n) is 7.10. The predicted octanol–water partition coefficient (Wildman–Crippen LogP) is -3.57. The summed E-state index contributed by atoms with van der Waals surface area (Å²) in [6.07, 6.45) is 4.98. The monoisotopic (exact) mass is 592 g/mol. The van der Waals surface area contributed by atoms with E-state index in [0.29, 0.717) is 18.8 Å². The molecule has 1 unspecified atom stereocenters. The van der Waals surface area contributed by atoms with E-state index >= 15 is 0 Å². The summed E-state index contributed by atoms with van der Waals surface area (Å²) in [5.41, 5.74) is -3.08. The fraction of sp³-hybridized carbons (Fsp3) is 0.444. The van der Waals surface area contributed by atoms with Crippen LogP contribution in [0.5, 0.6) is 0 Å². The van der Waals surface area contributed by atoms with Crippen LogP contribution < -0.4 is 10.6 Å². The van der Waals surface area contributed by atoms with Gasteiger partial charge in [-0.1, -0.05) is 36.4 Å². The van der Waals surface area contributed by atoms with Gasteiger partial charge in [0.2, 0.25) is 0 Å². The molecule has 0 spiro atoms. The maximum atomic E-state index is 13.4. The number of likely N-dealkylation sites (N-methyl/N-ethyl adjacent to an activating group) is 1. The molecule has 0 saturated carbocycles. The summed E-state index contributed by atoms with van der Waals surface area (Å²) in [6.45, 7) is 2.24. The number of hydrogen-bond acceptors (Lipinski definition) is 13. The lowest BCUT2D eigenvalue weighted by Gasteiger charge is -2.46. The Morgan fingerprint density at radius 3 is 2.31 bits per heavy atom. The van der Waals surface area contributed by atoms with Crippen LogP contribution in [0, 0.1) is 0 Å². The Hall–Kier alpha value is -3.51. The molecular formula is C27H36N4O11. The van der Waals surface area contributed by atoms with Crippen LogP contribution in [-0.4, -0.2) is 121 Å². The molecule has 1 aromatic rings. The molecule has 2 amide bonds. The fourth-order valence-corrected chi connectivity index (χ4v) is 4.68. The zero-order valence-electron chi connectivity index (χ0n) is 23.1. The van der Waals surface area contributed by atoms with Crippen LogP contribution in [0.15, 0.2) is 59.8 Å². The zero-order valence-corrected chi connectivity index (χ0v) is 23.1. The molecule has 2 aliphatic heterocycles. The number of aldehydes is 1. The van der Waals surface area contributed by atoms with Crippen molar-refractivity contribution in [1.29, 1.82) is 0 Å². The van der Waals surface area contributed by atoms with Crippen molar-refractivity contribution in [1.82, 2.24) is 20.4 Å². The molecule has 2 heterocycles. The highest BCUT2D eigenvalue weighted by atomic mass is 16.6. The predicted molar refractivity (Wildman–Crippen MR) is 144 cm³/mol. The van der Waals surface area contributed by atoms with Crippen molar-refractivity contribution in [2.45, 2.75) is 36.7 Å². The largest absolute Gasteiger partial charge is 0.387 e. The molecule has 42 heavy (non-hydrogen) atoms. The molecular weight excluding hydrogens is 556 g/mol. The standard InChI is InChI=1S/C27H36N4O11/c1-3-4-8-20-19(16-31(22(20)33)25(37,23(34)28-2)27(40,41)24(35,36)17-32)15-29-14-18-7-5-6-9-21(18)26(38,39)30-10-12-42-13-11-30/h3-9,15,17,29,35-41H,10-14,16H2,1-2H3,(H,28,34)/b4-3-,19-15+,20-8+.